The van der Waals surface area contributed by atoms with Crippen LogP contribution in [0.2, 0.25) is 0 Å². The third-order valence-corrected chi connectivity index (χ3v) is 3.30. The van der Waals surface area contributed by atoms with Crippen LogP contribution in [0.5, 0.6) is 0 Å². The zero-order valence-corrected chi connectivity index (χ0v) is 14.1. The van der Waals surface area contributed by atoms with Crippen molar-refractivity contribution in [2.45, 2.75) is 19.8 Å². The Kier molecular flexibility index (Phi) is 6.33. The van der Waals surface area contributed by atoms with Crippen molar-refractivity contribution in [3.63, 3.8) is 0 Å². The Morgan fingerprint density at radius 1 is 1.24 bits per heavy atom. The number of rotatable bonds is 6. The molecule has 0 saturated heterocycles. The van der Waals surface area contributed by atoms with Gasteiger partial charge in [0.15, 0.2) is 0 Å². The molecule has 0 aliphatic heterocycles. The van der Waals surface area contributed by atoms with Crippen LogP contribution in [0.1, 0.15) is 19.8 Å². The normalized spacial score (nSPS) is 10.3. The lowest BCUT2D eigenvalue weighted by Gasteiger charge is -2.10. The van der Waals surface area contributed by atoms with E-state index in [1.807, 2.05) is 0 Å². The molecule has 0 unspecified atom stereocenters. The van der Waals surface area contributed by atoms with Crippen molar-refractivity contribution in [3.05, 3.63) is 24.3 Å². The van der Waals surface area contributed by atoms with Crippen molar-refractivity contribution in [2.24, 2.45) is 0 Å². The van der Waals surface area contributed by atoms with Crippen LogP contribution in [-0.4, -0.2) is 47.9 Å². The number of hydrogen-bond acceptors (Lipinski definition) is 6. The number of aromatic nitrogens is 2. The molecule has 2 rings (SSSR count). The molecule has 2 N–H and O–H groups in total. The smallest absolute Gasteiger partial charge is 0.413 e. The molecule has 1 aromatic heterocycles. The monoisotopic (exact) mass is 348 g/mol. The van der Waals surface area contributed by atoms with Crippen LogP contribution in [-0.2, 0) is 14.3 Å². The molecule has 0 saturated carbocycles. The molecular formula is C16H20N4O5. The predicted octanol–water partition coefficient (Wildman–Crippen LogP) is 2.12. The second-order valence-corrected chi connectivity index (χ2v) is 5.02. The molecule has 1 heterocycles. The number of carbonyl (C=O) groups excluding carboxylic acids is 3. The number of fused-ring (bicyclic) bond motifs is 1. The van der Waals surface area contributed by atoms with E-state index in [0.717, 1.165) is 0 Å². The van der Waals surface area contributed by atoms with Gasteiger partial charge in [-0.3, -0.25) is 10.1 Å². The fraction of sp³-hybridized carbons (Fsp3) is 0.375. The van der Waals surface area contributed by atoms with Gasteiger partial charge >= 0.3 is 18.1 Å². The molecule has 0 spiro atoms. The number of imidazole rings is 1. The van der Waals surface area contributed by atoms with Gasteiger partial charge in [-0.25, -0.2) is 19.1 Å². The summed E-state index contributed by atoms with van der Waals surface area (Å²) in [5.41, 5.74) is 1.09. The van der Waals surface area contributed by atoms with E-state index in [1.165, 1.54) is 11.7 Å². The third kappa shape index (κ3) is 4.69. The molecule has 134 valence electrons. The van der Waals surface area contributed by atoms with E-state index in [2.05, 4.69) is 20.4 Å². The number of carbonyl (C=O) groups is 3. The average molecular weight is 348 g/mol. The number of methoxy groups -OCH3 is 1. The van der Waals surface area contributed by atoms with Gasteiger partial charge < -0.3 is 14.8 Å². The van der Waals surface area contributed by atoms with E-state index in [0.29, 0.717) is 24.1 Å². The van der Waals surface area contributed by atoms with Crippen molar-refractivity contribution in [1.82, 2.24) is 14.9 Å². The largest absolute Gasteiger partial charge is 0.466 e. The SMILES string of the molecule is CCOC(=O)CCCNC(=O)n1c(NC(=O)OC)nc2ccccc21. The lowest BCUT2D eigenvalue weighted by Crippen LogP contribution is -2.31. The van der Waals surface area contributed by atoms with E-state index >= 15 is 0 Å². The first-order valence-electron chi connectivity index (χ1n) is 7.83. The van der Waals surface area contributed by atoms with E-state index in [-0.39, 0.29) is 24.9 Å². The standard InChI is InChI=1S/C16H20N4O5/c1-3-25-13(21)9-6-10-17-15(22)20-12-8-5-4-7-11(12)18-14(20)19-16(23)24-2/h4-5,7-8H,3,6,9-10H2,1-2H3,(H,17,22)(H,18,19,23). The van der Waals surface area contributed by atoms with Gasteiger partial charge in [0.2, 0.25) is 5.95 Å². The van der Waals surface area contributed by atoms with E-state index in [4.69, 9.17) is 4.74 Å². The molecule has 0 fully saturated rings. The fourth-order valence-corrected chi connectivity index (χ4v) is 2.20. The van der Waals surface area contributed by atoms with Gasteiger partial charge in [-0.2, -0.15) is 0 Å². The maximum Gasteiger partial charge on any atom is 0.413 e. The quantitative estimate of drug-likeness (QED) is 0.611. The minimum atomic E-state index is -0.730. The Bertz CT molecular complexity index is 771. The van der Waals surface area contributed by atoms with Crippen LogP contribution in [0.4, 0.5) is 15.5 Å². The summed E-state index contributed by atoms with van der Waals surface area (Å²) in [5.74, 6) is -0.256. The van der Waals surface area contributed by atoms with Gasteiger partial charge in [-0.1, -0.05) is 12.1 Å². The highest BCUT2D eigenvalue weighted by molar-refractivity contribution is 5.96. The number of benzene rings is 1. The molecule has 0 aliphatic rings. The summed E-state index contributed by atoms with van der Waals surface area (Å²) in [4.78, 5) is 39.5. The highest BCUT2D eigenvalue weighted by atomic mass is 16.5. The number of esters is 1. The molecule has 9 heteroatoms. The van der Waals surface area contributed by atoms with Crippen molar-refractivity contribution in [3.8, 4) is 0 Å². The van der Waals surface area contributed by atoms with E-state index < -0.39 is 12.1 Å². The van der Waals surface area contributed by atoms with Crippen LogP contribution in [0.3, 0.4) is 0 Å². The second kappa shape index (κ2) is 8.67. The Morgan fingerprint density at radius 2 is 2.00 bits per heavy atom. The maximum atomic E-state index is 12.5. The van der Waals surface area contributed by atoms with Crippen molar-refractivity contribution >= 4 is 35.1 Å². The third-order valence-electron chi connectivity index (χ3n) is 3.30. The summed E-state index contributed by atoms with van der Waals surface area (Å²) in [5, 5.41) is 5.10. The number of nitrogens with one attached hydrogen (secondary N) is 2. The Hall–Kier alpha value is -3.10. The minimum absolute atomic E-state index is 0.0518. The molecule has 2 aromatic rings. The number of para-hydroxylation sites is 2. The van der Waals surface area contributed by atoms with Crippen molar-refractivity contribution in [1.29, 1.82) is 0 Å². The van der Waals surface area contributed by atoms with Crippen molar-refractivity contribution in [2.75, 3.05) is 25.6 Å². The maximum absolute atomic E-state index is 12.5. The molecule has 1 aromatic carbocycles. The first-order chi connectivity index (χ1) is 12.1. The number of hydrogen-bond donors (Lipinski definition) is 2. The fourth-order valence-electron chi connectivity index (χ4n) is 2.20. The topological polar surface area (TPSA) is 112 Å². The molecule has 0 radical (unpaired) electrons. The molecule has 2 amide bonds. The lowest BCUT2D eigenvalue weighted by atomic mass is 10.3. The van der Waals surface area contributed by atoms with Crippen LogP contribution >= 0.6 is 0 Å². The second-order valence-electron chi connectivity index (χ2n) is 5.02. The highest BCUT2D eigenvalue weighted by Crippen LogP contribution is 2.19. The number of nitrogens with zero attached hydrogens (tertiary/aromatic N) is 2. The van der Waals surface area contributed by atoms with Gasteiger partial charge in [-0.15, -0.1) is 0 Å². The summed E-state index contributed by atoms with van der Waals surface area (Å²) in [6.07, 6.45) is -0.0742. The Balaban J connectivity index is 2.09. The molecular weight excluding hydrogens is 328 g/mol. The van der Waals surface area contributed by atoms with Gasteiger partial charge in [0.25, 0.3) is 0 Å². The van der Waals surface area contributed by atoms with Crippen LogP contribution < -0.4 is 10.6 Å². The summed E-state index contributed by atoms with van der Waals surface area (Å²) < 4.78 is 10.6. The number of ether oxygens (including phenoxy) is 2. The first kappa shape index (κ1) is 18.2. The number of amides is 2. The van der Waals surface area contributed by atoms with Gasteiger partial charge in [0, 0.05) is 13.0 Å². The van der Waals surface area contributed by atoms with Gasteiger partial charge in [-0.05, 0) is 25.5 Å². The van der Waals surface area contributed by atoms with Crippen molar-refractivity contribution < 1.29 is 23.9 Å². The molecule has 0 atom stereocenters. The molecule has 0 bridgehead atoms. The highest BCUT2D eigenvalue weighted by Gasteiger charge is 2.18. The molecule has 25 heavy (non-hydrogen) atoms. The van der Waals surface area contributed by atoms with Crippen LogP contribution in [0.15, 0.2) is 24.3 Å². The lowest BCUT2D eigenvalue weighted by molar-refractivity contribution is -0.143. The van der Waals surface area contributed by atoms with Gasteiger partial charge in [0.05, 0.1) is 24.8 Å². The summed E-state index contributed by atoms with van der Waals surface area (Å²) in [7, 11) is 1.22. The van der Waals surface area contributed by atoms with Crippen LogP contribution in [0, 0.1) is 0 Å². The Morgan fingerprint density at radius 3 is 2.72 bits per heavy atom. The summed E-state index contributed by atoms with van der Waals surface area (Å²) >= 11 is 0. The summed E-state index contributed by atoms with van der Waals surface area (Å²) in [6.45, 7) is 2.34. The van der Waals surface area contributed by atoms with E-state index in [1.54, 1.807) is 31.2 Å². The molecule has 9 nitrogen and oxygen atoms in total. The van der Waals surface area contributed by atoms with E-state index in [9.17, 15) is 14.4 Å². The average Bonchev–Trinajstić information content (AvgIpc) is 2.96. The minimum Gasteiger partial charge on any atom is -0.466 e. The Labute approximate surface area is 144 Å². The zero-order chi connectivity index (χ0) is 18.2. The summed E-state index contributed by atoms with van der Waals surface area (Å²) in [6, 6.07) is 6.50. The number of anilines is 1. The predicted molar refractivity (Wildman–Crippen MR) is 90.4 cm³/mol. The zero-order valence-electron chi connectivity index (χ0n) is 14.1. The first-order valence-corrected chi connectivity index (χ1v) is 7.83. The van der Waals surface area contributed by atoms with Gasteiger partial charge in [0.1, 0.15) is 0 Å². The van der Waals surface area contributed by atoms with Crippen LogP contribution in [0.25, 0.3) is 11.0 Å². The molecule has 0 aliphatic carbocycles.